The Hall–Kier alpha value is -3.88. The predicted octanol–water partition coefficient (Wildman–Crippen LogP) is 4.62. The normalized spacial score (nSPS) is 19.7. The van der Waals surface area contributed by atoms with Gasteiger partial charge in [-0.1, -0.05) is 49.9 Å². The Balaban J connectivity index is 1.44. The fourth-order valence-electron chi connectivity index (χ4n) is 5.85. The van der Waals surface area contributed by atoms with Gasteiger partial charge in [-0.05, 0) is 31.7 Å². The van der Waals surface area contributed by atoms with E-state index >= 15 is 0 Å². The van der Waals surface area contributed by atoms with E-state index in [4.69, 9.17) is 4.98 Å². The third kappa shape index (κ3) is 4.19. The molecule has 4 heterocycles. The lowest BCUT2D eigenvalue weighted by molar-refractivity contribution is 0.0142. The van der Waals surface area contributed by atoms with Gasteiger partial charge in [-0.3, -0.25) is 29.0 Å². The van der Waals surface area contributed by atoms with Gasteiger partial charge in [0.05, 0.1) is 23.8 Å². The zero-order valence-corrected chi connectivity index (χ0v) is 21.7. The first-order chi connectivity index (χ1) is 18.4. The number of carbonyl (C=O) groups is 1. The highest BCUT2D eigenvalue weighted by Gasteiger charge is 2.41. The van der Waals surface area contributed by atoms with E-state index in [2.05, 4.69) is 27.2 Å². The molecule has 2 aliphatic rings. The maximum atomic E-state index is 13.8. The van der Waals surface area contributed by atoms with Crippen molar-refractivity contribution >= 4 is 11.6 Å². The fourth-order valence-corrected chi connectivity index (χ4v) is 5.85. The maximum Gasteiger partial charge on any atom is 0.273 e. The second-order valence-electron chi connectivity index (χ2n) is 10.7. The number of alkyl halides is 1. The molecule has 1 aromatic carbocycles. The van der Waals surface area contributed by atoms with E-state index in [9.17, 15) is 14.0 Å². The zero-order valence-electron chi connectivity index (χ0n) is 21.7. The number of rotatable bonds is 6. The molecule has 1 saturated heterocycles. The van der Waals surface area contributed by atoms with Gasteiger partial charge < -0.3 is 4.90 Å². The Morgan fingerprint density at radius 1 is 1.13 bits per heavy atom. The van der Waals surface area contributed by atoms with Crippen LogP contribution in [0.5, 0.6) is 0 Å². The summed E-state index contributed by atoms with van der Waals surface area (Å²) in [4.78, 5) is 42.3. The molecule has 1 aliphatic heterocycles. The van der Waals surface area contributed by atoms with E-state index in [0.29, 0.717) is 29.3 Å². The average molecular weight is 515 g/mol. The van der Waals surface area contributed by atoms with Crippen LogP contribution in [0.3, 0.4) is 0 Å². The van der Waals surface area contributed by atoms with Gasteiger partial charge >= 0.3 is 0 Å². The third-order valence-electron chi connectivity index (χ3n) is 8.26. The predicted molar refractivity (Wildman–Crippen MR) is 143 cm³/mol. The van der Waals surface area contributed by atoms with E-state index in [1.165, 1.54) is 41.8 Å². The largest absolute Gasteiger partial charge is 0.335 e. The van der Waals surface area contributed by atoms with Gasteiger partial charge in [0.25, 0.3) is 11.5 Å². The highest BCUT2D eigenvalue weighted by molar-refractivity contribution is 6.06. The van der Waals surface area contributed by atoms with Crippen LogP contribution in [0.1, 0.15) is 54.2 Å². The first-order valence-electron chi connectivity index (χ1n) is 13.3. The van der Waals surface area contributed by atoms with E-state index in [1.807, 2.05) is 19.1 Å². The summed E-state index contributed by atoms with van der Waals surface area (Å²) < 4.78 is 14.6. The van der Waals surface area contributed by atoms with E-state index in [0.717, 1.165) is 17.9 Å². The number of nitrogens with zero attached hydrogens (tertiary/aromatic N) is 5. The number of aryl methyl sites for hydroxylation is 1. The van der Waals surface area contributed by atoms with Gasteiger partial charge in [0.2, 0.25) is 0 Å². The molecular weight excluding hydrogens is 483 g/mol. The molecule has 0 radical (unpaired) electrons. The Kier molecular flexibility index (Phi) is 6.29. The summed E-state index contributed by atoms with van der Waals surface area (Å²) in [6.45, 7) is 3.47. The number of benzene rings is 1. The number of fused-ring (bicyclic) bond motifs is 1. The second kappa shape index (κ2) is 9.78. The van der Waals surface area contributed by atoms with Crippen molar-refractivity contribution in [2.24, 2.45) is 11.8 Å². The van der Waals surface area contributed by atoms with Crippen LogP contribution in [0.4, 0.5) is 4.39 Å². The lowest BCUT2D eigenvalue weighted by Crippen LogP contribution is -2.58. The van der Waals surface area contributed by atoms with E-state index in [1.54, 1.807) is 24.2 Å². The van der Waals surface area contributed by atoms with Crippen LogP contribution in [0, 0.1) is 18.8 Å². The number of H-pyrrole nitrogens is 1. The molecule has 1 aliphatic carbocycles. The minimum absolute atomic E-state index is 0.195. The molecule has 2 fully saturated rings. The summed E-state index contributed by atoms with van der Waals surface area (Å²) in [5.74, 6) is 0.245. The number of carbonyl (C=O) groups excluding carboxylic acids is 1. The number of likely N-dealkylation sites (tertiary alicyclic amines) is 1. The molecule has 6 rings (SSSR count). The van der Waals surface area contributed by atoms with Crippen LogP contribution in [0.15, 0.2) is 47.5 Å². The third-order valence-corrected chi connectivity index (χ3v) is 8.26. The van der Waals surface area contributed by atoms with E-state index in [-0.39, 0.29) is 34.6 Å². The minimum atomic E-state index is -0.479. The molecule has 4 aromatic rings. The Morgan fingerprint density at radius 2 is 1.87 bits per heavy atom. The van der Waals surface area contributed by atoms with Crippen LogP contribution >= 0.6 is 0 Å². The molecule has 196 valence electrons. The standard InChI is InChI=1S/C29H31FN6O2/c1-17-26(32-12-11-31-17)27-25(29(38)35-16-22(15-30)18(35)2)28-33-23(14-24(37)36(28)34-27)21-9-7-20(8-10-21)13-19-5-3-4-6-19/h7-12,14,18-19,22,34H,3-6,13,15-16H2,1-2H3. The summed E-state index contributed by atoms with van der Waals surface area (Å²) in [6.07, 6.45) is 9.39. The Morgan fingerprint density at radius 3 is 2.55 bits per heavy atom. The topological polar surface area (TPSA) is 96.2 Å². The van der Waals surface area contributed by atoms with Crippen molar-refractivity contribution < 1.29 is 9.18 Å². The summed E-state index contributed by atoms with van der Waals surface area (Å²) >= 11 is 0. The van der Waals surface area contributed by atoms with E-state index < -0.39 is 6.67 Å². The van der Waals surface area contributed by atoms with Gasteiger partial charge in [0, 0.05) is 42.5 Å². The van der Waals surface area contributed by atoms with Crippen LogP contribution < -0.4 is 5.56 Å². The molecule has 1 saturated carbocycles. The molecule has 8 nitrogen and oxygen atoms in total. The van der Waals surface area contributed by atoms with Crippen LogP contribution in [-0.4, -0.2) is 54.6 Å². The summed E-state index contributed by atoms with van der Waals surface area (Å²) in [7, 11) is 0. The quantitative estimate of drug-likeness (QED) is 0.405. The van der Waals surface area contributed by atoms with Crippen LogP contribution in [-0.2, 0) is 6.42 Å². The molecule has 2 atom stereocenters. The molecule has 0 spiro atoms. The molecule has 0 bridgehead atoms. The van der Waals surface area contributed by atoms with Gasteiger partial charge in [-0.25, -0.2) is 9.50 Å². The molecule has 1 amide bonds. The van der Waals surface area contributed by atoms with Crippen molar-refractivity contribution in [3.8, 4) is 22.6 Å². The number of hydrogen-bond acceptors (Lipinski definition) is 5. The van der Waals surface area contributed by atoms with Gasteiger partial charge in [0.1, 0.15) is 11.3 Å². The minimum Gasteiger partial charge on any atom is -0.335 e. The number of aromatic nitrogens is 5. The van der Waals surface area contributed by atoms with Crippen molar-refractivity contribution in [3.63, 3.8) is 0 Å². The average Bonchev–Trinajstić information content (AvgIpc) is 3.57. The van der Waals surface area contributed by atoms with Gasteiger partial charge in [0.15, 0.2) is 5.65 Å². The smallest absolute Gasteiger partial charge is 0.273 e. The summed E-state index contributed by atoms with van der Waals surface area (Å²) in [5.41, 5.74) is 4.18. The fraction of sp³-hybridized carbons (Fsp3) is 0.414. The number of aromatic amines is 1. The molecule has 9 heteroatoms. The number of halogens is 1. The molecule has 3 aromatic heterocycles. The first kappa shape index (κ1) is 24.5. The molecule has 38 heavy (non-hydrogen) atoms. The zero-order chi connectivity index (χ0) is 26.4. The van der Waals surface area contributed by atoms with Crippen molar-refractivity contribution in [1.29, 1.82) is 0 Å². The van der Waals surface area contributed by atoms with Crippen molar-refractivity contribution in [2.75, 3.05) is 13.2 Å². The maximum absolute atomic E-state index is 13.8. The highest BCUT2D eigenvalue weighted by Crippen LogP contribution is 2.33. The molecule has 1 N–H and O–H groups in total. The first-order valence-corrected chi connectivity index (χ1v) is 13.3. The molecule has 2 unspecified atom stereocenters. The lowest BCUT2D eigenvalue weighted by Gasteiger charge is -2.45. The van der Waals surface area contributed by atoms with Gasteiger partial charge in [-0.2, -0.15) is 0 Å². The van der Waals surface area contributed by atoms with Crippen LogP contribution in [0.25, 0.3) is 28.3 Å². The Labute approximate surface area is 219 Å². The summed E-state index contributed by atoms with van der Waals surface area (Å²) in [6, 6.07) is 9.42. The summed E-state index contributed by atoms with van der Waals surface area (Å²) in [5, 5.41) is 3.06. The number of hydrogen-bond donors (Lipinski definition) is 1. The van der Waals surface area contributed by atoms with Crippen molar-refractivity contribution in [3.05, 3.63) is 69.9 Å². The van der Waals surface area contributed by atoms with Gasteiger partial charge in [-0.15, -0.1) is 0 Å². The number of amides is 1. The van der Waals surface area contributed by atoms with Crippen LogP contribution in [0.2, 0.25) is 0 Å². The SMILES string of the molecule is Cc1nccnc1-c1[nH]n2c(=O)cc(-c3ccc(CC4CCCC4)cc3)nc2c1C(=O)N1CC(CF)C1C. The lowest BCUT2D eigenvalue weighted by atomic mass is 9.90. The highest BCUT2D eigenvalue weighted by atomic mass is 19.1. The molecular formula is C29H31FN6O2. The van der Waals surface area contributed by atoms with Crippen molar-refractivity contribution in [2.45, 2.75) is 52.0 Å². The van der Waals surface area contributed by atoms with Crippen molar-refractivity contribution in [1.82, 2.24) is 29.5 Å². The number of nitrogens with one attached hydrogen (secondary N) is 1. The monoisotopic (exact) mass is 514 g/mol. The Bertz CT molecular complexity index is 1550. The second-order valence-corrected chi connectivity index (χ2v) is 10.7.